The molecule has 2 aromatic rings. The average molecular weight is 293 g/mol. The summed E-state index contributed by atoms with van der Waals surface area (Å²) in [5, 5.41) is 9.96. The summed E-state index contributed by atoms with van der Waals surface area (Å²) in [6, 6.07) is 16.9. The second-order valence-corrected chi connectivity index (χ2v) is 4.80. The van der Waals surface area contributed by atoms with E-state index in [9.17, 15) is 5.11 Å². The van der Waals surface area contributed by atoms with Gasteiger partial charge in [-0.3, -0.25) is 0 Å². The lowest BCUT2D eigenvalue weighted by molar-refractivity contribution is -0.0227. The molecular weight excluding hydrogens is 276 g/mol. The van der Waals surface area contributed by atoms with Gasteiger partial charge in [0.1, 0.15) is 18.5 Å². The molecule has 0 fully saturated rings. The number of aliphatic hydroxyl groups excluding tert-OH is 1. The molecule has 1 atom stereocenters. The van der Waals surface area contributed by atoms with Crippen molar-refractivity contribution in [1.82, 2.24) is 0 Å². The van der Waals surface area contributed by atoms with Gasteiger partial charge < -0.3 is 14.6 Å². The van der Waals surface area contributed by atoms with Gasteiger partial charge in [-0.1, -0.05) is 41.9 Å². The first-order valence-corrected chi connectivity index (χ1v) is 6.80. The van der Waals surface area contributed by atoms with Crippen LogP contribution in [0.4, 0.5) is 0 Å². The van der Waals surface area contributed by atoms with Gasteiger partial charge in [0, 0.05) is 5.02 Å². The Morgan fingerprint density at radius 3 is 2.35 bits per heavy atom. The van der Waals surface area contributed by atoms with Crippen LogP contribution in [0.15, 0.2) is 54.6 Å². The number of rotatable bonds is 7. The van der Waals surface area contributed by atoms with Crippen molar-refractivity contribution in [1.29, 1.82) is 0 Å². The Bertz CT molecular complexity index is 499. The summed E-state index contributed by atoms with van der Waals surface area (Å²) in [6.07, 6.45) is -0.356. The Kier molecular flexibility index (Phi) is 5.87. The lowest BCUT2D eigenvalue weighted by Gasteiger charge is -2.16. The van der Waals surface area contributed by atoms with Crippen molar-refractivity contribution in [3.63, 3.8) is 0 Å². The maximum Gasteiger partial charge on any atom is 0.119 e. The van der Waals surface area contributed by atoms with Gasteiger partial charge in [0.2, 0.25) is 0 Å². The Morgan fingerprint density at radius 2 is 1.70 bits per heavy atom. The topological polar surface area (TPSA) is 38.7 Å². The van der Waals surface area contributed by atoms with Gasteiger partial charge in [-0.25, -0.2) is 0 Å². The minimum absolute atomic E-state index is 0.0829. The van der Waals surface area contributed by atoms with Crippen LogP contribution in [0, 0.1) is 0 Å². The summed E-state index contributed by atoms with van der Waals surface area (Å²) >= 11 is 5.80. The first kappa shape index (κ1) is 14.9. The molecule has 0 aromatic heterocycles. The highest BCUT2D eigenvalue weighted by Gasteiger charge is 2.09. The molecular formula is C16H17ClO3. The molecule has 0 aliphatic heterocycles. The zero-order valence-electron chi connectivity index (χ0n) is 11.0. The molecule has 0 amide bonds. The zero-order chi connectivity index (χ0) is 14.2. The maximum atomic E-state index is 9.30. The fourth-order valence-corrected chi connectivity index (χ4v) is 1.79. The first-order chi connectivity index (χ1) is 9.78. The summed E-state index contributed by atoms with van der Waals surface area (Å²) < 4.78 is 11.2. The number of hydrogen-bond donors (Lipinski definition) is 1. The Hall–Kier alpha value is -1.55. The standard InChI is InChI=1S/C16H17ClO3/c17-14-6-8-15(9-7-14)20-12-16(10-18)19-11-13-4-2-1-3-5-13/h1-9,16,18H,10-12H2. The van der Waals surface area contributed by atoms with Gasteiger partial charge in [0.15, 0.2) is 0 Å². The molecule has 0 spiro atoms. The molecule has 0 bridgehead atoms. The smallest absolute Gasteiger partial charge is 0.119 e. The van der Waals surface area contributed by atoms with E-state index < -0.39 is 0 Å². The van der Waals surface area contributed by atoms with E-state index in [1.165, 1.54) is 0 Å². The molecule has 106 valence electrons. The summed E-state index contributed by atoms with van der Waals surface area (Å²) in [7, 11) is 0. The van der Waals surface area contributed by atoms with E-state index in [2.05, 4.69) is 0 Å². The Morgan fingerprint density at radius 1 is 1.00 bits per heavy atom. The highest BCUT2D eigenvalue weighted by atomic mass is 35.5. The van der Waals surface area contributed by atoms with Gasteiger partial charge in [0.25, 0.3) is 0 Å². The first-order valence-electron chi connectivity index (χ1n) is 6.42. The number of halogens is 1. The van der Waals surface area contributed by atoms with Crippen LogP contribution in [0.1, 0.15) is 5.56 Å². The van der Waals surface area contributed by atoms with E-state index in [0.717, 1.165) is 5.56 Å². The van der Waals surface area contributed by atoms with Crippen LogP contribution in [-0.2, 0) is 11.3 Å². The summed E-state index contributed by atoms with van der Waals surface area (Å²) in [6.45, 7) is 0.668. The van der Waals surface area contributed by atoms with E-state index in [4.69, 9.17) is 21.1 Å². The molecule has 4 heteroatoms. The molecule has 0 heterocycles. The highest BCUT2D eigenvalue weighted by Crippen LogP contribution is 2.16. The Labute approximate surface area is 123 Å². The fraction of sp³-hybridized carbons (Fsp3) is 0.250. The molecule has 20 heavy (non-hydrogen) atoms. The largest absolute Gasteiger partial charge is 0.491 e. The van der Waals surface area contributed by atoms with E-state index in [1.807, 2.05) is 30.3 Å². The van der Waals surface area contributed by atoms with E-state index in [1.54, 1.807) is 24.3 Å². The number of aliphatic hydroxyl groups is 1. The molecule has 1 unspecified atom stereocenters. The minimum Gasteiger partial charge on any atom is -0.491 e. The predicted octanol–water partition coefficient (Wildman–Crippen LogP) is 3.30. The highest BCUT2D eigenvalue weighted by molar-refractivity contribution is 6.30. The van der Waals surface area contributed by atoms with Gasteiger partial charge >= 0.3 is 0 Å². The van der Waals surface area contributed by atoms with Crippen molar-refractivity contribution in [3.05, 3.63) is 65.2 Å². The quantitative estimate of drug-likeness (QED) is 0.851. The van der Waals surface area contributed by atoms with Gasteiger partial charge in [-0.15, -0.1) is 0 Å². The number of hydrogen-bond acceptors (Lipinski definition) is 3. The zero-order valence-corrected chi connectivity index (χ0v) is 11.8. The third-order valence-electron chi connectivity index (χ3n) is 2.78. The van der Waals surface area contributed by atoms with Crippen LogP contribution in [0.25, 0.3) is 0 Å². The third kappa shape index (κ3) is 4.85. The van der Waals surface area contributed by atoms with Crippen molar-refractivity contribution in [2.24, 2.45) is 0 Å². The molecule has 1 N–H and O–H groups in total. The normalized spacial score (nSPS) is 12.1. The molecule has 2 rings (SSSR count). The van der Waals surface area contributed by atoms with Crippen molar-refractivity contribution in [2.75, 3.05) is 13.2 Å². The molecule has 0 saturated carbocycles. The predicted molar refractivity (Wildman–Crippen MR) is 79.1 cm³/mol. The molecule has 2 aromatic carbocycles. The maximum absolute atomic E-state index is 9.30. The van der Waals surface area contributed by atoms with Gasteiger partial charge in [-0.05, 0) is 29.8 Å². The van der Waals surface area contributed by atoms with Crippen LogP contribution in [-0.4, -0.2) is 24.4 Å². The molecule has 0 aliphatic rings. The van der Waals surface area contributed by atoms with Crippen molar-refractivity contribution in [3.8, 4) is 5.75 Å². The van der Waals surface area contributed by atoms with Gasteiger partial charge in [-0.2, -0.15) is 0 Å². The molecule has 0 saturated heterocycles. The monoisotopic (exact) mass is 292 g/mol. The lowest BCUT2D eigenvalue weighted by Crippen LogP contribution is -2.25. The van der Waals surface area contributed by atoms with Crippen molar-refractivity contribution < 1.29 is 14.6 Å². The minimum atomic E-state index is -0.356. The average Bonchev–Trinajstić information content (AvgIpc) is 2.50. The summed E-state index contributed by atoms with van der Waals surface area (Å²) in [5.41, 5.74) is 1.07. The fourth-order valence-electron chi connectivity index (χ4n) is 1.66. The van der Waals surface area contributed by atoms with Crippen LogP contribution < -0.4 is 4.74 Å². The van der Waals surface area contributed by atoms with E-state index in [0.29, 0.717) is 24.0 Å². The van der Waals surface area contributed by atoms with Crippen LogP contribution in [0.5, 0.6) is 5.75 Å². The second kappa shape index (κ2) is 7.90. The molecule has 0 radical (unpaired) electrons. The van der Waals surface area contributed by atoms with Gasteiger partial charge in [0.05, 0.1) is 13.2 Å². The number of benzene rings is 2. The molecule has 0 aliphatic carbocycles. The van der Waals surface area contributed by atoms with Crippen LogP contribution >= 0.6 is 11.6 Å². The van der Waals surface area contributed by atoms with E-state index in [-0.39, 0.29) is 12.7 Å². The SMILES string of the molecule is OCC(COc1ccc(Cl)cc1)OCc1ccccc1. The lowest BCUT2D eigenvalue weighted by atomic mass is 10.2. The summed E-state index contributed by atoms with van der Waals surface area (Å²) in [5.74, 6) is 0.705. The number of ether oxygens (including phenoxy) is 2. The summed E-state index contributed by atoms with van der Waals surface area (Å²) in [4.78, 5) is 0. The van der Waals surface area contributed by atoms with Crippen molar-refractivity contribution >= 4 is 11.6 Å². The van der Waals surface area contributed by atoms with Crippen molar-refractivity contribution in [2.45, 2.75) is 12.7 Å². The Balaban J connectivity index is 1.79. The second-order valence-electron chi connectivity index (χ2n) is 4.37. The van der Waals surface area contributed by atoms with E-state index >= 15 is 0 Å². The third-order valence-corrected chi connectivity index (χ3v) is 3.03. The molecule has 3 nitrogen and oxygen atoms in total. The van der Waals surface area contributed by atoms with Crippen LogP contribution in [0.2, 0.25) is 5.02 Å². The van der Waals surface area contributed by atoms with Crippen LogP contribution in [0.3, 0.4) is 0 Å².